The maximum Gasteiger partial charge on any atom is 0.346 e. The Labute approximate surface area is 105 Å². The van der Waals surface area contributed by atoms with Gasteiger partial charge in [-0.3, -0.25) is 0 Å². The summed E-state index contributed by atoms with van der Waals surface area (Å²) in [5.74, 6) is 0.709. The Kier molecular flexibility index (Phi) is 3.22. The average Bonchev–Trinajstić information content (AvgIpc) is 2.44. The normalized spacial score (nSPS) is 17.1. The number of thioether (sulfide) groups is 1. The first-order valence-corrected chi connectivity index (χ1v) is 8.57. The summed E-state index contributed by atoms with van der Waals surface area (Å²) in [5.41, 5.74) is 0.593. The molecule has 0 saturated carbocycles. The van der Waals surface area contributed by atoms with Crippen LogP contribution in [-0.2, 0) is 9.05 Å². The summed E-state index contributed by atoms with van der Waals surface area (Å²) in [4.78, 5) is 11.1. The van der Waals surface area contributed by atoms with E-state index in [1.807, 2.05) is 0 Å². The molecular weight excluding hydrogens is 292 g/mol. The van der Waals surface area contributed by atoms with Crippen LogP contribution < -0.4 is 0 Å². The quantitative estimate of drug-likeness (QED) is 0.866. The van der Waals surface area contributed by atoms with Crippen molar-refractivity contribution in [2.45, 2.75) is 10.1 Å². The molecule has 16 heavy (non-hydrogen) atoms. The van der Waals surface area contributed by atoms with Gasteiger partial charge in [-0.15, -0.1) is 11.3 Å². The fourth-order valence-electron chi connectivity index (χ4n) is 1.39. The number of hydrogen-bond acceptors (Lipinski definition) is 5. The van der Waals surface area contributed by atoms with Gasteiger partial charge in [-0.1, -0.05) is 0 Å². The third kappa shape index (κ3) is 2.22. The molecule has 1 aliphatic rings. The van der Waals surface area contributed by atoms with Crippen molar-refractivity contribution in [3.63, 3.8) is 0 Å². The van der Waals surface area contributed by atoms with E-state index in [1.165, 1.54) is 6.07 Å². The van der Waals surface area contributed by atoms with Crippen LogP contribution in [0.5, 0.6) is 0 Å². The van der Waals surface area contributed by atoms with E-state index in [-0.39, 0.29) is 15.0 Å². The van der Waals surface area contributed by atoms with Crippen molar-refractivity contribution in [2.75, 3.05) is 11.5 Å². The number of aromatic carboxylic acids is 1. The maximum absolute atomic E-state index is 11.1. The molecule has 0 radical (unpaired) electrons. The van der Waals surface area contributed by atoms with Gasteiger partial charge in [0.25, 0.3) is 9.05 Å². The zero-order chi connectivity index (χ0) is 11.9. The van der Waals surface area contributed by atoms with Gasteiger partial charge in [0.15, 0.2) is 0 Å². The summed E-state index contributed by atoms with van der Waals surface area (Å²) in [6, 6.07) is 1.39. The third-order valence-corrected chi connectivity index (χ3v) is 6.74. The van der Waals surface area contributed by atoms with Crippen molar-refractivity contribution in [2.24, 2.45) is 0 Å². The zero-order valence-corrected chi connectivity index (χ0v) is 11.0. The number of carbonyl (C=O) groups is 1. The van der Waals surface area contributed by atoms with E-state index in [0.29, 0.717) is 5.56 Å². The lowest BCUT2D eigenvalue weighted by molar-refractivity contribution is 0.0700. The molecule has 0 atom stereocenters. The Bertz CT molecular complexity index is 529. The van der Waals surface area contributed by atoms with Gasteiger partial charge in [0.2, 0.25) is 0 Å². The number of halogens is 1. The van der Waals surface area contributed by atoms with Crippen molar-refractivity contribution >= 4 is 48.8 Å². The van der Waals surface area contributed by atoms with E-state index in [1.54, 1.807) is 11.8 Å². The number of thiophene rings is 1. The van der Waals surface area contributed by atoms with Crippen LogP contribution >= 0.6 is 33.8 Å². The van der Waals surface area contributed by atoms with E-state index in [9.17, 15) is 13.2 Å². The highest BCUT2D eigenvalue weighted by atomic mass is 35.7. The Morgan fingerprint density at radius 3 is 2.50 bits per heavy atom. The van der Waals surface area contributed by atoms with Gasteiger partial charge in [0.1, 0.15) is 9.09 Å². The number of hydrogen-bond donors (Lipinski definition) is 1. The second-order valence-corrected chi connectivity index (χ2v) is 8.25. The minimum Gasteiger partial charge on any atom is -0.477 e. The monoisotopic (exact) mass is 298 g/mol. The van der Waals surface area contributed by atoms with Gasteiger partial charge in [0.05, 0.1) is 0 Å². The summed E-state index contributed by atoms with van der Waals surface area (Å²) >= 11 is 2.43. The van der Waals surface area contributed by atoms with E-state index in [4.69, 9.17) is 15.8 Å². The Morgan fingerprint density at radius 1 is 1.50 bits per heavy atom. The lowest BCUT2D eigenvalue weighted by atomic mass is 10.0. The van der Waals surface area contributed by atoms with Gasteiger partial charge in [-0.2, -0.15) is 11.8 Å². The molecule has 2 heterocycles. The molecule has 88 valence electrons. The molecule has 0 amide bonds. The molecular formula is C8H7ClO4S3. The summed E-state index contributed by atoms with van der Waals surface area (Å²) < 4.78 is 22.2. The number of carboxylic acid groups (broad SMARTS) is 1. The molecule has 1 aliphatic heterocycles. The van der Waals surface area contributed by atoms with E-state index in [2.05, 4.69) is 0 Å². The molecule has 1 aromatic rings. The first-order valence-electron chi connectivity index (χ1n) is 4.29. The largest absolute Gasteiger partial charge is 0.477 e. The average molecular weight is 299 g/mol. The second kappa shape index (κ2) is 4.21. The summed E-state index contributed by atoms with van der Waals surface area (Å²) in [6.45, 7) is 0. The first kappa shape index (κ1) is 12.2. The highest BCUT2D eigenvalue weighted by Gasteiger charge is 2.29. The number of carboxylic acids is 1. The Morgan fingerprint density at radius 2 is 2.12 bits per heavy atom. The second-order valence-electron chi connectivity index (χ2n) is 3.33. The molecule has 0 aliphatic carbocycles. The lowest BCUT2D eigenvalue weighted by Gasteiger charge is -2.24. The standard InChI is InChI=1S/C8H7ClO4S3/c9-16(12,13)6-1-5(4-2-14-3-4)7(15-6)8(10)11/h1,4H,2-3H2,(H,10,11). The Balaban J connectivity index is 2.49. The van der Waals surface area contributed by atoms with Gasteiger partial charge >= 0.3 is 5.97 Å². The molecule has 0 unspecified atom stereocenters. The van der Waals surface area contributed by atoms with Crippen LogP contribution in [0, 0.1) is 0 Å². The van der Waals surface area contributed by atoms with E-state index in [0.717, 1.165) is 22.8 Å². The van der Waals surface area contributed by atoms with Gasteiger partial charge in [0, 0.05) is 28.1 Å². The van der Waals surface area contributed by atoms with Crippen LogP contribution in [0.3, 0.4) is 0 Å². The van der Waals surface area contributed by atoms with Crippen molar-refractivity contribution in [3.05, 3.63) is 16.5 Å². The lowest BCUT2D eigenvalue weighted by Crippen LogP contribution is -2.17. The summed E-state index contributed by atoms with van der Waals surface area (Å²) in [5, 5.41) is 8.98. The molecule has 0 bridgehead atoms. The fraction of sp³-hybridized carbons (Fsp3) is 0.375. The van der Waals surface area contributed by atoms with Crippen molar-refractivity contribution in [1.29, 1.82) is 0 Å². The van der Waals surface area contributed by atoms with Gasteiger partial charge in [-0.25, -0.2) is 13.2 Å². The molecule has 0 spiro atoms. The van der Waals surface area contributed by atoms with Crippen LogP contribution in [0.25, 0.3) is 0 Å². The van der Waals surface area contributed by atoms with Crippen LogP contribution in [0.4, 0.5) is 0 Å². The summed E-state index contributed by atoms with van der Waals surface area (Å²) in [7, 11) is 1.36. The van der Waals surface area contributed by atoms with Crippen LogP contribution in [0.1, 0.15) is 21.2 Å². The molecule has 1 aromatic heterocycles. The first-order chi connectivity index (χ1) is 7.39. The molecule has 2 rings (SSSR count). The van der Waals surface area contributed by atoms with Crippen molar-refractivity contribution < 1.29 is 18.3 Å². The van der Waals surface area contributed by atoms with Crippen molar-refractivity contribution in [1.82, 2.24) is 0 Å². The zero-order valence-electron chi connectivity index (χ0n) is 7.84. The molecule has 1 saturated heterocycles. The van der Waals surface area contributed by atoms with Gasteiger partial charge in [-0.05, 0) is 11.6 Å². The topological polar surface area (TPSA) is 71.4 Å². The Hall–Kier alpha value is -0.240. The third-order valence-electron chi connectivity index (χ3n) is 2.25. The van der Waals surface area contributed by atoms with E-state index >= 15 is 0 Å². The molecule has 0 aromatic carbocycles. The summed E-state index contributed by atoms with van der Waals surface area (Å²) in [6.07, 6.45) is 0. The molecule has 1 N–H and O–H groups in total. The predicted molar refractivity (Wildman–Crippen MR) is 64.4 cm³/mol. The fourth-order valence-corrected chi connectivity index (χ4v) is 4.37. The smallest absolute Gasteiger partial charge is 0.346 e. The van der Waals surface area contributed by atoms with Crippen LogP contribution in [0.15, 0.2) is 10.3 Å². The van der Waals surface area contributed by atoms with Crippen LogP contribution in [-0.4, -0.2) is 31.0 Å². The predicted octanol–water partition coefficient (Wildman–Crippen LogP) is 2.20. The maximum atomic E-state index is 11.1. The van der Waals surface area contributed by atoms with Gasteiger partial charge < -0.3 is 5.11 Å². The minimum atomic E-state index is -3.84. The molecule has 8 heteroatoms. The highest BCUT2D eigenvalue weighted by molar-refractivity contribution is 8.15. The SMILES string of the molecule is O=C(O)c1sc(S(=O)(=O)Cl)cc1C1CSC1. The molecule has 1 fully saturated rings. The highest BCUT2D eigenvalue weighted by Crippen LogP contribution is 2.40. The van der Waals surface area contributed by atoms with Crippen LogP contribution in [0.2, 0.25) is 0 Å². The van der Waals surface area contributed by atoms with Crippen molar-refractivity contribution in [3.8, 4) is 0 Å². The number of rotatable bonds is 3. The molecule has 4 nitrogen and oxygen atoms in total. The minimum absolute atomic E-state index is 0.0848. The van der Waals surface area contributed by atoms with E-state index < -0.39 is 15.0 Å².